The first-order chi connectivity index (χ1) is 40.0. The monoisotopic (exact) mass is 1190 g/mol. The molecule has 462 valence electrons. The van der Waals surface area contributed by atoms with Gasteiger partial charge in [-0.15, -0.1) is 5.10 Å². The molecule has 6 rings (SSSR count). The van der Waals surface area contributed by atoms with Crippen molar-refractivity contribution in [3.63, 3.8) is 0 Å². The standard InChI is InChI=1S/C54H87N15O13S/c1-34(2)27-39-51(76)61-40(28-37-29-55-33-59-37)50(75)58-30-46(73)69-20-8-12-42(69)52(77)60-38(11-6-7-19-68-31-36(66-67-68)15-16-45(72)64-47(35(3)70)53(78)62-39)49(74)57-18-10-22-81-24-26-82-25-23-80-21-9-17-56-44(71)14-5-4-13-43-48-41(32-83-43)63-54(79)65-48/h29,31,33-35,38-43,47-48,70H,4-28,30,32H2,1-3H3,(H,55,59)(H,56,71)(H,57,74)(H,58,75)(H,60,77)(H,61,76)(H,62,78)(H,64,72)(H2,63,65,79)/t35-,38-,39-,40-,41+,42?,43+,47-,48+/m0/s1. The van der Waals surface area contributed by atoms with Crippen LogP contribution in [0, 0.1) is 5.92 Å². The minimum atomic E-state index is -1.42. The number of urea groups is 1. The lowest BCUT2D eigenvalue weighted by atomic mass is 10.0. The number of ether oxygens (including phenoxy) is 3. The number of aliphatic hydroxyl groups excluding tert-OH is 1. The van der Waals surface area contributed by atoms with E-state index in [9.17, 15) is 48.3 Å². The van der Waals surface area contributed by atoms with Gasteiger partial charge in [0.05, 0.1) is 68.9 Å². The fourth-order valence-corrected chi connectivity index (χ4v) is 11.8. The second-order valence-corrected chi connectivity index (χ2v) is 23.1. The molecule has 6 heterocycles. The Morgan fingerprint density at radius 3 is 2.23 bits per heavy atom. The summed E-state index contributed by atoms with van der Waals surface area (Å²) in [5.41, 5.74) is 0.923. The summed E-state index contributed by atoms with van der Waals surface area (Å²) in [6.07, 6.45) is 9.90. The number of unbranched alkanes of at least 4 members (excludes halogenated alkanes) is 1. The predicted molar refractivity (Wildman–Crippen MR) is 303 cm³/mol. The number of imidazole rings is 1. The van der Waals surface area contributed by atoms with Crippen LogP contribution in [0.4, 0.5) is 4.79 Å². The predicted octanol–water partition coefficient (Wildman–Crippen LogP) is -1.38. The van der Waals surface area contributed by atoms with E-state index in [4.69, 9.17) is 14.2 Å². The number of amides is 10. The van der Waals surface area contributed by atoms with E-state index >= 15 is 0 Å². The Balaban J connectivity index is 0.936. The second-order valence-electron chi connectivity index (χ2n) is 21.8. The Morgan fingerprint density at radius 1 is 0.771 bits per heavy atom. The van der Waals surface area contributed by atoms with Gasteiger partial charge in [-0.1, -0.05) is 25.5 Å². The van der Waals surface area contributed by atoms with Gasteiger partial charge in [-0.2, -0.15) is 11.8 Å². The van der Waals surface area contributed by atoms with E-state index in [1.54, 1.807) is 17.1 Å². The summed E-state index contributed by atoms with van der Waals surface area (Å²) in [7, 11) is 0. The van der Waals surface area contributed by atoms with E-state index < -0.39 is 84.2 Å². The van der Waals surface area contributed by atoms with Gasteiger partial charge in [-0.05, 0) is 77.0 Å². The molecule has 4 aliphatic heterocycles. The number of aromatic nitrogens is 5. The molecule has 0 aliphatic carbocycles. The van der Waals surface area contributed by atoms with E-state index in [-0.39, 0.29) is 75.1 Å². The Bertz CT molecular complexity index is 2410. The van der Waals surface area contributed by atoms with Gasteiger partial charge in [0, 0.05) is 88.5 Å². The number of thioether (sulfide) groups is 1. The summed E-state index contributed by atoms with van der Waals surface area (Å²) in [6.45, 7) is 8.23. The first-order valence-electron chi connectivity index (χ1n) is 29.3. The molecule has 2 bridgehead atoms. The zero-order chi connectivity index (χ0) is 59.5. The molecule has 0 radical (unpaired) electrons. The lowest BCUT2D eigenvalue weighted by molar-refractivity contribution is -0.140. The molecule has 3 fully saturated rings. The molecule has 9 atom stereocenters. The number of carbonyl (C=O) groups excluding carboxylic acids is 9. The van der Waals surface area contributed by atoms with Gasteiger partial charge < -0.3 is 77.1 Å². The molecule has 4 aliphatic rings. The second kappa shape index (κ2) is 35.0. The van der Waals surface area contributed by atoms with Crippen LogP contribution in [-0.4, -0.2) is 213 Å². The SMILES string of the molecule is CC(C)C[C@@H]1NC(=O)[C@H]([C@H](C)O)NC(=O)CCc2cn(nn2)CCCC[C@@H](C(=O)NCCCOCCOCCOCCCNC(=O)CCCC[C@H]2SC[C@H]3NC(=O)N[C@H]32)NC(=O)C2CCCN2C(=O)CNC(=O)[C@H](Cc2c[nH]cn2)NC1=O. The van der Waals surface area contributed by atoms with Crippen molar-refractivity contribution < 1.29 is 62.5 Å². The van der Waals surface area contributed by atoms with Gasteiger partial charge >= 0.3 is 6.03 Å². The Labute approximate surface area is 488 Å². The van der Waals surface area contributed by atoms with Gasteiger partial charge in [0.25, 0.3) is 0 Å². The molecule has 11 N–H and O–H groups in total. The normalized spacial score (nSPS) is 24.7. The number of nitrogens with one attached hydrogen (secondary N) is 10. The van der Waals surface area contributed by atoms with E-state index in [1.165, 1.54) is 18.2 Å². The van der Waals surface area contributed by atoms with Crippen molar-refractivity contribution in [1.29, 1.82) is 0 Å². The van der Waals surface area contributed by atoms with E-state index in [0.717, 1.165) is 25.0 Å². The number of aromatic amines is 1. The quantitative estimate of drug-likeness (QED) is 0.0403. The molecule has 0 aromatic carbocycles. The van der Waals surface area contributed by atoms with Crippen molar-refractivity contribution in [2.45, 2.75) is 177 Å². The highest BCUT2D eigenvalue weighted by Crippen LogP contribution is 2.33. The summed E-state index contributed by atoms with van der Waals surface area (Å²) in [5.74, 6) is -3.46. The summed E-state index contributed by atoms with van der Waals surface area (Å²) in [4.78, 5) is 128. The molecule has 10 amide bonds. The number of aliphatic hydroxyl groups is 1. The maximum atomic E-state index is 14.0. The first-order valence-corrected chi connectivity index (χ1v) is 30.4. The molecule has 2 aromatic heterocycles. The smallest absolute Gasteiger partial charge is 0.315 e. The summed E-state index contributed by atoms with van der Waals surface area (Å²) in [6, 6.07) is -5.45. The number of H-pyrrole nitrogens is 1. The zero-order valence-electron chi connectivity index (χ0n) is 48.1. The maximum Gasteiger partial charge on any atom is 0.315 e. The fraction of sp³-hybridized carbons (Fsp3) is 0.741. The third kappa shape index (κ3) is 22.6. The lowest BCUT2D eigenvalue weighted by Crippen LogP contribution is -2.59. The van der Waals surface area contributed by atoms with Crippen LogP contribution in [0.1, 0.15) is 116 Å². The first kappa shape index (κ1) is 65.7. The highest BCUT2D eigenvalue weighted by molar-refractivity contribution is 8.00. The Morgan fingerprint density at radius 2 is 1.51 bits per heavy atom. The van der Waals surface area contributed by atoms with Crippen LogP contribution in [0.15, 0.2) is 18.7 Å². The van der Waals surface area contributed by atoms with Crippen molar-refractivity contribution in [3.8, 4) is 0 Å². The molecule has 0 spiro atoms. The number of nitrogens with zero attached hydrogens (tertiary/aromatic N) is 5. The molecular weight excluding hydrogens is 1100 g/mol. The van der Waals surface area contributed by atoms with Crippen molar-refractivity contribution in [2.24, 2.45) is 5.92 Å². The summed E-state index contributed by atoms with van der Waals surface area (Å²) < 4.78 is 18.6. The number of carbonyl (C=O) groups is 9. The third-order valence-corrected chi connectivity index (χ3v) is 16.2. The van der Waals surface area contributed by atoms with Crippen LogP contribution in [0.5, 0.6) is 0 Å². The van der Waals surface area contributed by atoms with Crippen LogP contribution in [-0.2, 0) is 72.0 Å². The minimum Gasteiger partial charge on any atom is -0.391 e. The van der Waals surface area contributed by atoms with Crippen molar-refractivity contribution in [2.75, 3.05) is 71.6 Å². The molecule has 83 heavy (non-hydrogen) atoms. The molecule has 29 heteroatoms. The molecule has 2 aromatic rings. The van der Waals surface area contributed by atoms with Gasteiger partial charge in [-0.3, -0.25) is 43.0 Å². The lowest BCUT2D eigenvalue weighted by Gasteiger charge is -2.28. The van der Waals surface area contributed by atoms with E-state index in [1.807, 2.05) is 25.6 Å². The van der Waals surface area contributed by atoms with Crippen molar-refractivity contribution in [1.82, 2.24) is 77.7 Å². The molecule has 28 nitrogen and oxygen atoms in total. The van der Waals surface area contributed by atoms with Crippen molar-refractivity contribution >= 4 is 65.1 Å². The Kier molecular flexibility index (Phi) is 27.7. The largest absolute Gasteiger partial charge is 0.391 e. The topological polar surface area (TPSA) is 372 Å². The molecule has 1 unspecified atom stereocenters. The highest BCUT2D eigenvalue weighted by Gasteiger charge is 2.43. The van der Waals surface area contributed by atoms with Gasteiger partial charge in [0.15, 0.2) is 0 Å². The molecule has 0 saturated carbocycles. The average molecular weight is 1190 g/mol. The van der Waals surface area contributed by atoms with E-state index in [2.05, 4.69) is 68.1 Å². The van der Waals surface area contributed by atoms with Crippen LogP contribution in [0.3, 0.4) is 0 Å². The highest BCUT2D eigenvalue weighted by atomic mass is 32.2. The van der Waals surface area contributed by atoms with Crippen molar-refractivity contribution in [3.05, 3.63) is 30.1 Å². The van der Waals surface area contributed by atoms with Gasteiger partial charge in [0.2, 0.25) is 47.3 Å². The third-order valence-electron chi connectivity index (χ3n) is 14.6. The average Bonchev–Trinajstić information content (AvgIpc) is 4.33. The Hall–Kier alpha value is -6.43. The van der Waals surface area contributed by atoms with E-state index in [0.29, 0.717) is 114 Å². The zero-order valence-corrected chi connectivity index (χ0v) is 48.9. The summed E-state index contributed by atoms with van der Waals surface area (Å²) in [5, 5.41) is 44.6. The number of rotatable bonds is 25. The molecule has 3 saturated heterocycles. The fourth-order valence-electron chi connectivity index (χ4n) is 10.2. The van der Waals surface area contributed by atoms with Crippen LogP contribution in [0.25, 0.3) is 0 Å². The van der Waals surface area contributed by atoms with Crippen LogP contribution < -0.4 is 47.9 Å². The number of hydrogen-bond acceptors (Lipinski definition) is 17. The maximum absolute atomic E-state index is 14.0. The van der Waals surface area contributed by atoms with Crippen LogP contribution in [0.2, 0.25) is 0 Å². The summed E-state index contributed by atoms with van der Waals surface area (Å²) >= 11 is 1.88. The minimum absolute atomic E-state index is 0.0274. The van der Waals surface area contributed by atoms with Gasteiger partial charge in [-0.25, -0.2) is 9.78 Å². The number of fused-ring (bicyclic) bond motifs is 4. The van der Waals surface area contributed by atoms with Crippen LogP contribution >= 0.6 is 11.8 Å². The number of hydrogen-bond donors (Lipinski definition) is 11. The molecular formula is C54H87N15O13S. The number of aryl methyl sites for hydroxylation is 2. The van der Waals surface area contributed by atoms with Gasteiger partial charge in [0.1, 0.15) is 30.2 Å².